The molecule has 0 aromatic rings. The molecule has 1 aliphatic carbocycles. The van der Waals surface area contributed by atoms with E-state index in [0.717, 1.165) is 12.8 Å². The van der Waals surface area contributed by atoms with Crippen molar-refractivity contribution in [2.45, 2.75) is 57.7 Å². The van der Waals surface area contributed by atoms with E-state index < -0.39 is 16.3 Å². The van der Waals surface area contributed by atoms with E-state index >= 15 is 0 Å². The molecule has 5 nitrogen and oxygen atoms in total. The average molecular weight is 250 g/mol. The zero-order valence-corrected chi connectivity index (χ0v) is 11.0. The molecule has 0 aliphatic heterocycles. The van der Waals surface area contributed by atoms with Crippen molar-refractivity contribution in [3.8, 4) is 0 Å². The summed E-state index contributed by atoms with van der Waals surface area (Å²) in [7, 11) is -1.92. The second-order valence-corrected chi connectivity index (χ2v) is 6.45. The van der Waals surface area contributed by atoms with Crippen LogP contribution < -0.4 is 4.72 Å². The summed E-state index contributed by atoms with van der Waals surface area (Å²) < 4.78 is 27.6. The Bertz CT molecular complexity index is 316. The number of hydrogen-bond acceptors (Lipinski definition) is 3. The van der Waals surface area contributed by atoms with Crippen LogP contribution in [-0.4, -0.2) is 43.1 Å². The fourth-order valence-corrected chi connectivity index (χ4v) is 3.18. The van der Waals surface area contributed by atoms with E-state index in [9.17, 15) is 13.5 Å². The van der Waals surface area contributed by atoms with Crippen molar-refractivity contribution >= 4 is 10.2 Å². The Hall–Kier alpha value is -0.170. The SMILES string of the molecule is CC(C)N(C)S(=O)(=O)NC1CCCCC1O. The highest BCUT2D eigenvalue weighted by Crippen LogP contribution is 2.19. The summed E-state index contributed by atoms with van der Waals surface area (Å²) in [6, 6.07) is -0.418. The highest BCUT2D eigenvalue weighted by molar-refractivity contribution is 7.87. The van der Waals surface area contributed by atoms with Gasteiger partial charge in [0.2, 0.25) is 0 Å². The van der Waals surface area contributed by atoms with Gasteiger partial charge in [-0.15, -0.1) is 0 Å². The van der Waals surface area contributed by atoms with Crippen LogP contribution in [0.25, 0.3) is 0 Å². The third-order valence-corrected chi connectivity index (χ3v) is 4.92. The lowest BCUT2D eigenvalue weighted by molar-refractivity contribution is 0.100. The van der Waals surface area contributed by atoms with Gasteiger partial charge >= 0.3 is 0 Å². The lowest BCUT2D eigenvalue weighted by Gasteiger charge is -2.30. The van der Waals surface area contributed by atoms with Crippen LogP contribution in [0.1, 0.15) is 39.5 Å². The van der Waals surface area contributed by atoms with Crippen LogP contribution in [0.4, 0.5) is 0 Å². The van der Waals surface area contributed by atoms with Crippen molar-refractivity contribution in [2.24, 2.45) is 0 Å². The van der Waals surface area contributed by atoms with Crippen LogP contribution in [0, 0.1) is 0 Å². The van der Waals surface area contributed by atoms with Gasteiger partial charge in [-0.2, -0.15) is 17.4 Å². The Morgan fingerprint density at radius 1 is 1.31 bits per heavy atom. The summed E-state index contributed by atoms with van der Waals surface area (Å²) in [5, 5.41) is 9.71. The number of aliphatic hydroxyl groups is 1. The standard InChI is InChI=1S/C10H22N2O3S/c1-8(2)12(3)16(14,15)11-9-6-4-5-7-10(9)13/h8-11,13H,4-7H2,1-3H3. The zero-order chi connectivity index (χ0) is 12.3. The maximum Gasteiger partial charge on any atom is 0.279 e. The fraction of sp³-hybridized carbons (Fsp3) is 1.00. The monoisotopic (exact) mass is 250 g/mol. The van der Waals surface area contributed by atoms with Gasteiger partial charge in [0.25, 0.3) is 10.2 Å². The first-order valence-corrected chi connectivity index (χ1v) is 7.22. The first-order chi connectivity index (χ1) is 7.34. The Balaban J connectivity index is 2.64. The van der Waals surface area contributed by atoms with E-state index in [-0.39, 0.29) is 12.1 Å². The van der Waals surface area contributed by atoms with E-state index in [2.05, 4.69) is 4.72 Å². The zero-order valence-electron chi connectivity index (χ0n) is 10.2. The first kappa shape index (κ1) is 13.9. The van der Waals surface area contributed by atoms with E-state index in [1.165, 1.54) is 4.31 Å². The van der Waals surface area contributed by atoms with Gasteiger partial charge in [0.15, 0.2) is 0 Å². The van der Waals surface area contributed by atoms with Gasteiger partial charge < -0.3 is 5.11 Å². The molecule has 96 valence electrons. The molecule has 1 rings (SSSR count). The predicted octanol–water partition coefficient (Wildman–Crippen LogP) is 0.464. The molecule has 0 heterocycles. The molecule has 0 spiro atoms. The smallest absolute Gasteiger partial charge is 0.279 e. The topological polar surface area (TPSA) is 69.6 Å². The molecule has 0 aromatic heterocycles. The minimum absolute atomic E-state index is 0.0850. The van der Waals surface area contributed by atoms with Crippen molar-refractivity contribution in [1.29, 1.82) is 0 Å². The van der Waals surface area contributed by atoms with E-state index in [1.807, 2.05) is 13.8 Å². The molecule has 0 radical (unpaired) electrons. The van der Waals surface area contributed by atoms with Crippen molar-refractivity contribution in [1.82, 2.24) is 9.03 Å². The second-order valence-electron chi connectivity index (χ2n) is 4.69. The normalized spacial score (nSPS) is 27.6. The molecule has 2 unspecified atom stereocenters. The maximum absolute atomic E-state index is 11.9. The fourth-order valence-electron chi connectivity index (χ4n) is 1.80. The van der Waals surface area contributed by atoms with Gasteiger partial charge in [-0.25, -0.2) is 0 Å². The summed E-state index contributed by atoms with van der Waals surface area (Å²) in [4.78, 5) is 0. The van der Waals surface area contributed by atoms with E-state index in [1.54, 1.807) is 7.05 Å². The van der Waals surface area contributed by atoms with Crippen molar-refractivity contribution < 1.29 is 13.5 Å². The maximum atomic E-state index is 11.9. The molecule has 0 saturated heterocycles. The second kappa shape index (κ2) is 5.44. The van der Waals surface area contributed by atoms with Gasteiger partial charge in [0.05, 0.1) is 6.10 Å². The minimum atomic E-state index is -3.47. The van der Waals surface area contributed by atoms with E-state index in [0.29, 0.717) is 12.8 Å². The van der Waals surface area contributed by atoms with Crippen molar-refractivity contribution in [2.75, 3.05) is 7.05 Å². The molecule has 2 atom stereocenters. The molecule has 16 heavy (non-hydrogen) atoms. The van der Waals surface area contributed by atoms with Crippen LogP contribution >= 0.6 is 0 Å². The van der Waals surface area contributed by atoms with Crippen molar-refractivity contribution in [3.05, 3.63) is 0 Å². The predicted molar refractivity (Wildman–Crippen MR) is 63.2 cm³/mol. The third kappa shape index (κ3) is 3.41. The molecule has 1 aliphatic rings. The van der Waals surface area contributed by atoms with E-state index in [4.69, 9.17) is 0 Å². The Labute approximate surface area is 98.0 Å². The van der Waals surface area contributed by atoms with Gasteiger partial charge in [-0.05, 0) is 26.7 Å². The molecule has 6 heteroatoms. The Kier molecular flexibility index (Phi) is 4.73. The summed E-state index contributed by atoms with van der Waals surface area (Å²) in [6.07, 6.45) is 2.78. The summed E-state index contributed by atoms with van der Waals surface area (Å²) >= 11 is 0. The van der Waals surface area contributed by atoms with Crippen LogP contribution in [0.2, 0.25) is 0 Å². The average Bonchev–Trinajstić information content (AvgIpc) is 2.20. The first-order valence-electron chi connectivity index (χ1n) is 5.78. The Morgan fingerprint density at radius 2 is 1.88 bits per heavy atom. The molecule has 0 amide bonds. The highest BCUT2D eigenvalue weighted by atomic mass is 32.2. The molecule has 0 aromatic carbocycles. The number of aliphatic hydroxyl groups excluding tert-OH is 1. The van der Waals surface area contributed by atoms with Gasteiger partial charge in [-0.3, -0.25) is 0 Å². The number of nitrogens with zero attached hydrogens (tertiary/aromatic N) is 1. The van der Waals surface area contributed by atoms with Crippen LogP contribution in [-0.2, 0) is 10.2 Å². The molecular weight excluding hydrogens is 228 g/mol. The van der Waals surface area contributed by atoms with Crippen LogP contribution in [0.15, 0.2) is 0 Å². The van der Waals surface area contributed by atoms with Gasteiger partial charge in [0.1, 0.15) is 0 Å². The number of hydrogen-bond donors (Lipinski definition) is 2. The van der Waals surface area contributed by atoms with Gasteiger partial charge in [-0.1, -0.05) is 12.8 Å². The lowest BCUT2D eigenvalue weighted by Crippen LogP contribution is -2.51. The third-order valence-electron chi connectivity index (χ3n) is 3.14. The summed E-state index contributed by atoms with van der Waals surface area (Å²) in [6.45, 7) is 3.63. The largest absolute Gasteiger partial charge is 0.391 e. The lowest BCUT2D eigenvalue weighted by atomic mass is 9.93. The molecular formula is C10H22N2O3S. The quantitative estimate of drug-likeness (QED) is 0.762. The Morgan fingerprint density at radius 3 is 2.38 bits per heavy atom. The van der Waals surface area contributed by atoms with Gasteiger partial charge in [0, 0.05) is 19.1 Å². The number of nitrogens with one attached hydrogen (secondary N) is 1. The molecule has 1 fully saturated rings. The number of rotatable bonds is 4. The molecule has 2 N–H and O–H groups in total. The molecule has 1 saturated carbocycles. The summed E-state index contributed by atoms with van der Waals surface area (Å²) in [5.74, 6) is 0. The van der Waals surface area contributed by atoms with Crippen LogP contribution in [0.3, 0.4) is 0 Å². The van der Waals surface area contributed by atoms with Crippen LogP contribution in [0.5, 0.6) is 0 Å². The summed E-state index contributed by atoms with van der Waals surface area (Å²) in [5.41, 5.74) is 0. The molecule has 0 bridgehead atoms. The minimum Gasteiger partial charge on any atom is -0.391 e. The van der Waals surface area contributed by atoms with Crippen molar-refractivity contribution in [3.63, 3.8) is 0 Å². The highest BCUT2D eigenvalue weighted by Gasteiger charge is 2.29.